The van der Waals surface area contributed by atoms with Gasteiger partial charge in [0, 0.05) is 24.4 Å². The largest absolute Gasteiger partial charge is 0.494 e. The number of hydrogen-bond donors (Lipinski definition) is 0. The maximum atomic E-state index is 12.5. The Morgan fingerprint density at radius 3 is 1.80 bits per heavy atom. The van der Waals surface area contributed by atoms with E-state index in [9.17, 15) is 9.59 Å². The first-order valence-electron chi connectivity index (χ1n) is 20.6. The smallest absolute Gasteiger partial charge is 0.338 e. The van der Waals surface area contributed by atoms with Gasteiger partial charge in [0.05, 0.1) is 18.3 Å². The van der Waals surface area contributed by atoms with Gasteiger partial charge in [-0.2, -0.15) is 0 Å². The molecule has 0 unspecified atom stereocenters. The predicted molar refractivity (Wildman–Crippen MR) is 219 cm³/mol. The lowest BCUT2D eigenvalue weighted by molar-refractivity contribution is -0.134. The van der Waals surface area contributed by atoms with Gasteiger partial charge in [0.25, 0.3) is 0 Å². The molecule has 0 radical (unpaired) electrons. The van der Waals surface area contributed by atoms with Gasteiger partial charge in [-0.25, -0.2) is 14.8 Å². The van der Waals surface area contributed by atoms with Crippen LogP contribution in [-0.2, 0) is 16.0 Å². The molecule has 3 aromatic carbocycles. The number of rotatable bonds is 26. The Morgan fingerprint density at radius 1 is 0.593 bits per heavy atom. The lowest BCUT2D eigenvalue weighted by Crippen LogP contribution is -2.15. The van der Waals surface area contributed by atoms with Gasteiger partial charge in [-0.1, -0.05) is 109 Å². The first-order chi connectivity index (χ1) is 26.4. The van der Waals surface area contributed by atoms with E-state index < -0.39 is 0 Å². The molecular formula is C47H62N2O5. The highest BCUT2D eigenvalue weighted by atomic mass is 16.5. The Morgan fingerprint density at radius 2 is 1.13 bits per heavy atom. The molecule has 0 spiro atoms. The summed E-state index contributed by atoms with van der Waals surface area (Å²) in [4.78, 5) is 34.2. The van der Waals surface area contributed by atoms with Crippen LogP contribution in [0.3, 0.4) is 0 Å². The average Bonchev–Trinajstić information content (AvgIpc) is 3.19. The van der Waals surface area contributed by atoms with Crippen LogP contribution >= 0.6 is 0 Å². The molecule has 0 fully saturated rings. The zero-order valence-corrected chi connectivity index (χ0v) is 33.0. The monoisotopic (exact) mass is 734 g/mol. The lowest BCUT2D eigenvalue weighted by Gasteiger charge is -2.13. The van der Waals surface area contributed by atoms with Gasteiger partial charge in [-0.3, -0.25) is 4.79 Å². The van der Waals surface area contributed by atoms with E-state index in [0.717, 1.165) is 79.6 Å². The zero-order chi connectivity index (χ0) is 38.2. The van der Waals surface area contributed by atoms with Crippen molar-refractivity contribution in [2.75, 3.05) is 6.61 Å². The number of benzene rings is 3. The number of esters is 2. The maximum Gasteiger partial charge on any atom is 0.338 e. The molecule has 7 heteroatoms. The van der Waals surface area contributed by atoms with Crippen molar-refractivity contribution in [3.05, 3.63) is 96.3 Å². The second kappa shape index (κ2) is 24.7. The van der Waals surface area contributed by atoms with Gasteiger partial charge >= 0.3 is 11.9 Å². The Balaban J connectivity index is 1.04. The van der Waals surface area contributed by atoms with Gasteiger partial charge in [-0.15, -0.1) is 0 Å². The molecule has 1 aromatic heterocycles. The van der Waals surface area contributed by atoms with E-state index in [-0.39, 0.29) is 18.0 Å². The molecule has 4 aromatic rings. The minimum Gasteiger partial charge on any atom is -0.494 e. The van der Waals surface area contributed by atoms with E-state index >= 15 is 0 Å². The van der Waals surface area contributed by atoms with Crippen LogP contribution in [-0.4, -0.2) is 34.6 Å². The summed E-state index contributed by atoms with van der Waals surface area (Å²) in [7, 11) is 0. The number of aromatic nitrogens is 2. The summed E-state index contributed by atoms with van der Waals surface area (Å²) >= 11 is 0. The molecule has 7 nitrogen and oxygen atoms in total. The molecule has 0 saturated carbocycles. The van der Waals surface area contributed by atoms with Crippen molar-refractivity contribution in [2.45, 2.75) is 142 Å². The quantitative estimate of drug-likeness (QED) is 0.0360. The summed E-state index contributed by atoms with van der Waals surface area (Å²) < 4.78 is 17.1. The summed E-state index contributed by atoms with van der Waals surface area (Å²) in [6, 6.07) is 22.9. The van der Waals surface area contributed by atoms with Crippen LogP contribution < -0.4 is 9.47 Å². The Hall–Kier alpha value is -4.52. The van der Waals surface area contributed by atoms with Crippen LogP contribution in [0.1, 0.15) is 146 Å². The van der Waals surface area contributed by atoms with Crippen LogP contribution in [0.2, 0.25) is 0 Å². The third-order valence-corrected chi connectivity index (χ3v) is 9.74. The predicted octanol–water partition coefficient (Wildman–Crippen LogP) is 12.6. The third-order valence-electron chi connectivity index (χ3n) is 9.74. The number of nitrogens with zero attached hydrogens (tertiary/aromatic N) is 2. The van der Waals surface area contributed by atoms with Gasteiger partial charge < -0.3 is 14.2 Å². The molecule has 0 N–H and O–H groups in total. The van der Waals surface area contributed by atoms with Crippen LogP contribution in [0.5, 0.6) is 11.5 Å². The van der Waals surface area contributed by atoms with E-state index in [1.807, 2.05) is 80.0 Å². The number of aryl methyl sites for hydroxylation is 1. The first kappa shape index (κ1) is 42.2. The Bertz CT molecular complexity index is 1620. The molecule has 0 bridgehead atoms. The molecule has 54 heavy (non-hydrogen) atoms. The average molecular weight is 735 g/mol. The highest BCUT2D eigenvalue weighted by Gasteiger charge is 2.13. The van der Waals surface area contributed by atoms with E-state index in [1.54, 1.807) is 12.1 Å². The number of ether oxygens (including phenoxy) is 3. The molecular weight excluding hydrogens is 673 g/mol. The molecule has 0 aliphatic rings. The summed E-state index contributed by atoms with van der Waals surface area (Å²) in [6.07, 6.45) is 23.4. The van der Waals surface area contributed by atoms with Crippen molar-refractivity contribution >= 4 is 11.9 Å². The zero-order valence-electron chi connectivity index (χ0n) is 33.0. The number of carbonyl (C=O) groups excluding carboxylic acids is 2. The molecule has 0 aliphatic carbocycles. The van der Waals surface area contributed by atoms with Crippen LogP contribution in [0, 0.1) is 0 Å². The Labute approximate surface area is 324 Å². The topological polar surface area (TPSA) is 87.6 Å². The molecule has 1 atom stereocenters. The van der Waals surface area contributed by atoms with Crippen molar-refractivity contribution in [3.8, 4) is 34.0 Å². The number of carbonyl (C=O) groups is 2. The van der Waals surface area contributed by atoms with Crippen molar-refractivity contribution in [3.63, 3.8) is 0 Å². The third kappa shape index (κ3) is 15.8. The maximum absolute atomic E-state index is 12.5. The minimum atomic E-state index is -0.287. The van der Waals surface area contributed by atoms with Gasteiger partial charge in [-0.05, 0) is 111 Å². The van der Waals surface area contributed by atoms with Crippen molar-refractivity contribution < 1.29 is 23.8 Å². The fourth-order valence-electron chi connectivity index (χ4n) is 6.40. The molecule has 1 heterocycles. The van der Waals surface area contributed by atoms with E-state index in [0.29, 0.717) is 24.3 Å². The Kier molecular flexibility index (Phi) is 19.3. The fourth-order valence-corrected chi connectivity index (χ4v) is 6.40. The molecule has 0 saturated heterocycles. The summed E-state index contributed by atoms with van der Waals surface area (Å²) in [5.41, 5.74) is 4.70. The van der Waals surface area contributed by atoms with E-state index in [4.69, 9.17) is 14.2 Å². The van der Waals surface area contributed by atoms with E-state index in [1.165, 1.54) is 63.4 Å². The summed E-state index contributed by atoms with van der Waals surface area (Å²) in [6.45, 7) is 7.06. The molecule has 0 aliphatic heterocycles. The van der Waals surface area contributed by atoms with E-state index in [2.05, 4.69) is 23.8 Å². The van der Waals surface area contributed by atoms with Crippen LogP contribution in [0.4, 0.5) is 0 Å². The van der Waals surface area contributed by atoms with Crippen molar-refractivity contribution in [1.29, 1.82) is 0 Å². The number of unbranched alkanes of at least 4 members (excludes halogenated alkanes) is 12. The summed E-state index contributed by atoms with van der Waals surface area (Å²) in [5, 5.41) is 0. The number of hydrogen-bond acceptors (Lipinski definition) is 7. The summed E-state index contributed by atoms with van der Waals surface area (Å²) in [5.74, 6) is 1.62. The fraction of sp³-hybridized carbons (Fsp3) is 0.489. The van der Waals surface area contributed by atoms with Crippen molar-refractivity contribution in [2.24, 2.45) is 0 Å². The minimum absolute atomic E-state index is 0.0873. The lowest BCUT2D eigenvalue weighted by atomic mass is 10.0. The standard InChI is InChI=1S/C47H62N2O5/c1-4-6-8-10-12-16-20-38-35-48-46(49-36-38)41-28-30-43(31-29-41)52-34-18-14-11-13-17-21-45(50)54-44-32-26-40(27-33-44)39-22-24-42(25-23-39)47(51)53-37(3)19-15-9-7-5-2/h22-33,35-37H,4-21,34H2,1-3H3/t37-/m0/s1. The molecule has 0 amide bonds. The van der Waals surface area contributed by atoms with Crippen LogP contribution in [0.25, 0.3) is 22.5 Å². The second-order valence-corrected chi connectivity index (χ2v) is 14.5. The van der Waals surface area contributed by atoms with Gasteiger partial charge in [0.15, 0.2) is 5.82 Å². The highest BCUT2D eigenvalue weighted by Crippen LogP contribution is 2.24. The molecule has 290 valence electrons. The molecule has 4 rings (SSSR count). The highest BCUT2D eigenvalue weighted by molar-refractivity contribution is 5.90. The van der Waals surface area contributed by atoms with Gasteiger partial charge in [0.2, 0.25) is 0 Å². The second-order valence-electron chi connectivity index (χ2n) is 14.5. The normalized spacial score (nSPS) is 11.6. The van der Waals surface area contributed by atoms with Gasteiger partial charge in [0.1, 0.15) is 11.5 Å². The van der Waals surface area contributed by atoms with Crippen LogP contribution in [0.15, 0.2) is 85.2 Å². The van der Waals surface area contributed by atoms with Crippen molar-refractivity contribution in [1.82, 2.24) is 9.97 Å². The first-order valence-corrected chi connectivity index (χ1v) is 20.6. The SMILES string of the molecule is CCCCCCCCc1cnc(-c2ccc(OCCCCCCCC(=O)Oc3ccc(-c4ccc(C(=O)O[C@@H](C)CCCCCC)cc4)cc3)cc2)nc1.